The van der Waals surface area contributed by atoms with Gasteiger partial charge in [-0.05, 0) is 43.0 Å². The van der Waals surface area contributed by atoms with E-state index in [1.165, 1.54) is 30.6 Å². The van der Waals surface area contributed by atoms with E-state index in [0.29, 0.717) is 24.9 Å². The summed E-state index contributed by atoms with van der Waals surface area (Å²) >= 11 is 1.73. The molecule has 1 aliphatic heterocycles. The lowest BCUT2D eigenvalue weighted by molar-refractivity contribution is -0.129. The maximum absolute atomic E-state index is 12.8. The molecule has 4 nitrogen and oxygen atoms in total. The van der Waals surface area contributed by atoms with E-state index in [9.17, 15) is 9.59 Å². The number of rotatable bonds is 5. The summed E-state index contributed by atoms with van der Waals surface area (Å²) < 4.78 is 0. The fourth-order valence-electron chi connectivity index (χ4n) is 4.10. The number of nitrogens with zero attached hydrogens (tertiary/aromatic N) is 1. The predicted molar refractivity (Wildman–Crippen MR) is 90.0 cm³/mol. The Morgan fingerprint density at radius 1 is 1.26 bits per heavy atom. The summed E-state index contributed by atoms with van der Waals surface area (Å²) in [4.78, 5) is 28.0. The highest BCUT2D eigenvalue weighted by Gasteiger charge is 2.42. The van der Waals surface area contributed by atoms with Gasteiger partial charge in [0.25, 0.3) is 0 Å². The van der Waals surface area contributed by atoms with Crippen molar-refractivity contribution >= 4 is 23.2 Å². The molecule has 0 radical (unpaired) electrons. The Morgan fingerprint density at radius 3 is 2.70 bits per heavy atom. The summed E-state index contributed by atoms with van der Waals surface area (Å²) in [5.41, 5.74) is 0. The summed E-state index contributed by atoms with van der Waals surface area (Å²) in [6.45, 7) is 0.622. The van der Waals surface area contributed by atoms with E-state index < -0.39 is 0 Å². The van der Waals surface area contributed by atoms with Crippen molar-refractivity contribution in [2.45, 2.75) is 57.0 Å². The molecule has 3 fully saturated rings. The molecule has 2 saturated carbocycles. The first-order valence-electron chi connectivity index (χ1n) is 8.85. The van der Waals surface area contributed by atoms with Gasteiger partial charge in [0.2, 0.25) is 11.8 Å². The zero-order chi connectivity index (χ0) is 15.8. The SMILES string of the molecule is O=C(NC(c1cccs1)C1CCCC1)C1CC(=O)N(C2CC2)C1. The largest absolute Gasteiger partial charge is 0.348 e. The van der Waals surface area contributed by atoms with Crippen molar-refractivity contribution in [3.63, 3.8) is 0 Å². The Hall–Kier alpha value is -1.36. The van der Waals surface area contributed by atoms with Crippen LogP contribution in [0.1, 0.15) is 55.9 Å². The second-order valence-electron chi connectivity index (χ2n) is 7.22. The molecule has 1 saturated heterocycles. The molecule has 124 valence electrons. The number of hydrogen-bond donors (Lipinski definition) is 1. The summed E-state index contributed by atoms with van der Waals surface area (Å²) in [6.07, 6.45) is 7.53. The Balaban J connectivity index is 1.44. The highest BCUT2D eigenvalue weighted by Crippen LogP contribution is 2.38. The average Bonchev–Trinajstić information content (AvgIpc) is 3.02. The molecular formula is C18H24N2O2S. The number of carbonyl (C=O) groups is 2. The van der Waals surface area contributed by atoms with Crippen molar-refractivity contribution in [2.24, 2.45) is 11.8 Å². The van der Waals surface area contributed by atoms with E-state index in [1.54, 1.807) is 11.3 Å². The molecule has 2 atom stereocenters. The van der Waals surface area contributed by atoms with E-state index in [2.05, 4.69) is 22.8 Å². The van der Waals surface area contributed by atoms with E-state index in [1.807, 2.05) is 4.90 Å². The topological polar surface area (TPSA) is 49.4 Å². The first-order chi connectivity index (χ1) is 11.2. The van der Waals surface area contributed by atoms with Gasteiger partial charge in [0.05, 0.1) is 12.0 Å². The molecule has 3 aliphatic rings. The van der Waals surface area contributed by atoms with Gasteiger partial charge in [-0.15, -0.1) is 11.3 Å². The summed E-state index contributed by atoms with van der Waals surface area (Å²) in [6, 6.07) is 4.74. The van der Waals surface area contributed by atoms with Crippen molar-refractivity contribution in [2.75, 3.05) is 6.54 Å². The van der Waals surface area contributed by atoms with Crippen LogP contribution in [0.4, 0.5) is 0 Å². The van der Waals surface area contributed by atoms with Gasteiger partial charge in [0, 0.05) is 23.9 Å². The molecule has 2 amide bonds. The fraction of sp³-hybridized carbons (Fsp3) is 0.667. The standard InChI is InChI=1S/C18H24N2O2S/c21-16-10-13(11-20(16)14-7-8-14)18(22)19-17(12-4-1-2-5-12)15-6-3-9-23-15/h3,6,9,12-14,17H,1-2,4-5,7-8,10-11H2,(H,19,22). The summed E-state index contributed by atoms with van der Waals surface area (Å²) in [7, 11) is 0. The zero-order valence-corrected chi connectivity index (χ0v) is 14.2. The van der Waals surface area contributed by atoms with Crippen LogP contribution in [0, 0.1) is 11.8 Å². The van der Waals surface area contributed by atoms with E-state index in [-0.39, 0.29) is 23.8 Å². The van der Waals surface area contributed by atoms with E-state index in [0.717, 1.165) is 12.8 Å². The van der Waals surface area contributed by atoms with Crippen LogP contribution >= 0.6 is 11.3 Å². The van der Waals surface area contributed by atoms with Crippen molar-refractivity contribution in [1.29, 1.82) is 0 Å². The Kier molecular flexibility index (Phi) is 4.14. The van der Waals surface area contributed by atoms with E-state index >= 15 is 0 Å². The van der Waals surface area contributed by atoms with Gasteiger partial charge >= 0.3 is 0 Å². The third-order valence-corrected chi connectivity index (χ3v) is 6.49. The number of carbonyl (C=O) groups excluding carboxylic acids is 2. The van der Waals surface area contributed by atoms with Crippen molar-refractivity contribution in [1.82, 2.24) is 10.2 Å². The lowest BCUT2D eigenvalue weighted by atomic mass is 9.95. The van der Waals surface area contributed by atoms with Gasteiger partial charge in [-0.1, -0.05) is 18.9 Å². The lowest BCUT2D eigenvalue weighted by Gasteiger charge is -2.25. The fourth-order valence-corrected chi connectivity index (χ4v) is 4.97. The smallest absolute Gasteiger partial charge is 0.225 e. The minimum atomic E-state index is -0.160. The Labute approximate surface area is 141 Å². The van der Waals surface area contributed by atoms with Crippen molar-refractivity contribution < 1.29 is 9.59 Å². The van der Waals surface area contributed by atoms with Crippen LogP contribution in [0.5, 0.6) is 0 Å². The second kappa shape index (κ2) is 6.27. The van der Waals surface area contributed by atoms with Gasteiger partial charge in [-0.2, -0.15) is 0 Å². The lowest BCUT2D eigenvalue weighted by Crippen LogP contribution is -2.38. The van der Waals surface area contributed by atoms with Crippen LogP contribution < -0.4 is 5.32 Å². The first kappa shape index (κ1) is 15.2. The number of likely N-dealkylation sites (tertiary alicyclic amines) is 1. The minimum absolute atomic E-state index is 0.0757. The van der Waals surface area contributed by atoms with Crippen LogP contribution in [0.25, 0.3) is 0 Å². The second-order valence-corrected chi connectivity index (χ2v) is 8.20. The molecule has 1 N–H and O–H groups in total. The predicted octanol–water partition coefficient (Wildman–Crippen LogP) is 3.11. The molecule has 2 aliphatic carbocycles. The maximum atomic E-state index is 12.8. The van der Waals surface area contributed by atoms with Gasteiger partial charge in [-0.25, -0.2) is 0 Å². The van der Waals surface area contributed by atoms with Crippen LogP contribution in [-0.2, 0) is 9.59 Å². The molecule has 4 rings (SSSR count). The van der Waals surface area contributed by atoms with Gasteiger partial charge in [0.15, 0.2) is 0 Å². The first-order valence-corrected chi connectivity index (χ1v) is 9.73. The molecule has 1 aromatic rings. The normalized spacial score (nSPS) is 26.7. The third-order valence-electron chi connectivity index (χ3n) is 5.54. The molecule has 1 aromatic heterocycles. The maximum Gasteiger partial charge on any atom is 0.225 e. The zero-order valence-electron chi connectivity index (χ0n) is 13.4. The van der Waals surface area contributed by atoms with Crippen LogP contribution in [0.15, 0.2) is 17.5 Å². The highest BCUT2D eigenvalue weighted by atomic mass is 32.1. The molecule has 5 heteroatoms. The van der Waals surface area contributed by atoms with E-state index in [4.69, 9.17) is 0 Å². The average molecular weight is 332 g/mol. The third kappa shape index (κ3) is 3.16. The van der Waals surface area contributed by atoms with Crippen LogP contribution in [-0.4, -0.2) is 29.3 Å². The summed E-state index contributed by atoms with van der Waals surface area (Å²) in [5, 5.41) is 5.38. The monoisotopic (exact) mass is 332 g/mol. The number of amides is 2. The van der Waals surface area contributed by atoms with Crippen LogP contribution in [0.2, 0.25) is 0 Å². The van der Waals surface area contributed by atoms with Gasteiger partial charge in [-0.3, -0.25) is 9.59 Å². The Bertz CT molecular complexity index is 576. The van der Waals surface area contributed by atoms with Crippen molar-refractivity contribution in [3.05, 3.63) is 22.4 Å². The summed E-state index contributed by atoms with van der Waals surface area (Å²) in [5.74, 6) is 0.634. The van der Waals surface area contributed by atoms with Crippen LogP contribution in [0.3, 0.4) is 0 Å². The molecule has 2 unspecified atom stereocenters. The molecule has 0 spiro atoms. The molecular weight excluding hydrogens is 308 g/mol. The Morgan fingerprint density at radius 2 is 2.04 bits per heavy atom. The minimum Gasteiger partial charge on any atom is -0.348 e. The van der Waals surface area contributed by atoms with Crippen molar-refractivity contribution in [3.8, 4) is 0 Å². The van der Waals surface area contributed by atoms with Gasteiger partial charge < -0.3 is 10.2 Å². The molecule has 0 bridgehead atoms. The molecule has 23 heavy (non-hydrogen) atoms. The number of thiophene rings is 1. The molecule has 2 heterocycles. The molecule has 0 aromatic carbocycles. The number of hydrogen-bond acceptors (Lipinski definition) is 3. The quantitative estimate of drug-likeness (QED) is 0.901. The van der Waals surface area contributed by atoms with Gasteiger partial charge in [0.1, 0.15) is 0 Å². The highest BCUT2D eigenvalue weighted by molar-refractivity contribution is 7.10. The number of nitrogens with one attached hydrogen (secondary N) is 1.